The van der Waals surface area contributed by atoms with Crippen molar-refractivity contribution in [3.05, 3.63) is 49.7 Å². The zero-order valence-electron chi connectivity index (χ0n) is 14.2. The van der Waals surface area contributed by atoms with Gasteiger partial charge in [0.2, 0.25) is 0 Å². The number of aromatic nitrogens is 6. The molecule has 0 radical (unpaired) electrons. The molecular formula is C15H16N8O2. The quantitative estimate of drug-likeness (QED) is 0.689. The van der Waals surface area contributed by atoms with Crippen LogP contribution in [0.3, 0.4) is 0 Å². The first-order valence-electron chi connectivity index (χ1n) is 7.47. The standard InChI is InChI=1S/C15H16N8O2/c1-8-5-9(2)23-11(19-20-14(23)18-8)7-17-12-10(6-16)13(24)22(4)15(25)21(12)3/h5,17H,7H2,1-4H3. The Hall–Kier alpha value is -3.48. The van der Waals surface area contributed by atoms with E-state index in [1.807, 2.05) is 26.0 Å². The summed E-state index contributed by atoms with van der Waals surface area (Å²) in [5.41, 5.74) is 0.433. The summed E-state index contributed by atoms with van der Waals surface area (Å²) >= 11 is 0. The number of nitriles is 1. The molecule has 3 heterocycles. The van der Waals surface area contributed by atoms with E-state index in [9.17, 15) is 14.9 Å². The SMILES string of the molecule is Cc1cc(C)n2c(CNc3c(C#N)c(=O)n(C)c(=O)n3C)nnc2n1. The van der Waals surface area contributed by atoms with Gasteiger partial charge in [-0.3, -0.25) is 18.3 Å². The predicted octanol–water partition coefficient (Wildman–Crippen LogP) is -0.378. The van der Waals surface area contributed by atoms with Gasteiger partial charge in [0, 0.05) is 25.5 Å². The molecule has 10 nitrogen and oxygen atoms in total. The molecule has 10 heteroatoms. The van der Waals surface area contributed by atoms with Gasteiger partial charge in [0.1, 0.15) is 11.9 Å². The van der Waals surface area contributed by atoms with Crippen LogP contribution in [0.1, 0.15) is 22.8 Å². The molecule has 0 aliphatic rings. The van der Waals surface area contributed by atoms with Crippen molar-refractivity contribution in [3.8, 4) is 6.07 Å². The van der Waals surface area contributed by atoms with Crippen LogP contribution in [0.4, 0.5) is 5.82 Å². The van der Waals surface area contributed by atoms with Crippen LogP contribution in [0.2, 0.25) is 0 Å². The largest absolute Gasteiger partial charge is 0.363 e. The van der Waals surface area contributed by atoms with Crippen molar-refractivity contribution in [2.24, 2.45) is 14.1 Å². The van der Waals surface area contributed by atoms with E-state index in [2.05, 4.69) is 20.5 Å². The van der Waals surface area contributed by atoms with E-state index < -0.39 is 11.2 Å². The van der Waals surface area contributed by atoms with Gasteiger partial charge in [0.05, 0.1) is 6.54 Å². The molecule has 0 aliphatic heterocycles. The smallest absolute Gasteiger partial charge is 0.332 e. The minimum absolute atomic E-state index is 0.135. The van der Waals surface area contributed by atoms with Crippen molar-refractivity contribution in [2.45, 2.75) is 20.4 Å². The molecule has 25 heavy (non-hydrogen) atoms. The zero-order valence-corrected chi connectivity index (χ0v) is 14.2. The van der Waals surface area contributed by atoms with E-state index in [1.54, 1.807) is 4.40 Å². The Balaban J connectivity index is 2.05. The van der Waals surface area contributed by atoms with Crippen LogP contribution in [-0.2, 0) is 20.6 Å². The molecule has 1 N–H and O–H groups in total. The van der Waals surface area contributed by atoms with Gasteiger partial charge < -0.3 is 5.32 Å². The predicted molar refractivity (Wildman–Crippen MR) is 89.2 cm³/mol. The number of hydrogen-bond acceptors (Lipinski definition) is 7. The molecule has 0 aromatic carbocycles. The van der Waals surface area contributed by atoms with E-state index >= 15 is 0 Å². The van der Waals surface area contributed by atoms with E-state index in [1.165, 1.54) is 18.7 Å². The Kier molecular flexibility index (Phi) is 3.84. The highest BCUT2D eigenvalue weighted by Gasteiger charge is 2.16. The fourth-order valence-electron chi connectivity index (χ4n) is 2.73. The first-order valence-corrected chi connectivity index (χ1v) is 7.47. The highest BCUT2D eigenvalue weighted by Crippen LogP contribution is 2.12. The number of anilines is 1. The Bertz CT molecular complexity index is 1150. The van der Waals surface area contributed by atoms with Crippen molar-refractivity contribution in [2.75, 3.05) is 5.32 Å². The third-order valence-electron chi connectivity index (χ3n) is 3.95. The Morgan fingerprint density at radius 2 is 1.92 bits per heavy atom. The number of hydrogen-bond donors (Lipinski definition) is 1. The lowest BCUT2D eigenvalue weighted by atomic mass is 10.3. The van der Waals surface area contributed by atoms with Crippen LogP contribution in [0.25, 0.3) is 5.78 Å². The average molecular weight is 340 g/mol. The number of fused-ring (bicyclic) bond motifs is 1. The molecule has 0 amide bonds. The molecule has 0 unspecified atom stereocenters. The topological polar surface area (TPSA) is 123 Å². The van der Waals surface area contributed by atoms with Crippen molar-refractivity contribution >= 4 is 11.6 Å². The molecule has 3 aromatic rings. The van der Waals surface area contributed by atoms with Gasteiger partial charge in [-0.25, -0.2) is 9.78 Å². The van der Waals surface area contributed by atoms with Gasteiger partial charge >= 0.3 is 5.69 Å². The minimum Gasteiger partial charge on any atom is -0.363 e. The second-order valence-corrected chi connectivity index (χ2v) is 5.69. The van der Waals surface area contributed by atoms with E-state index in [0.29, 0.717) is 11.6 Å². The molecule has 3 rings (SSSR count). The van der Waals surface area contributed by atoms with Gasteiger partial charge in [0.15, 0.2) is 11.4 Å². The van der Waals surface area contributed by atoms with E-state index in [-0.39, 0.29) is 17.9 Å². The molecular weight excluding hydrogens is 324 g/mol. The number of nitrogens with one attached hydrogen (secondary N) is 1. The summed E-state index contributed by atoms with van der Waals surface area (Å²) in [4.78, 5) is 28.5. The van der Waals surface area contributed by atoms with E-state index in [0.717, 1.165) is 16.0 Å². The first-order chi connectivity index (χ1) is 11.8. The summed E-state index contributed by atoms with van der Waals surface area (Å²) < 4.78 is 3.89. The second kappa shape index (κ2) is 5.86. The fraction of sp³-hybridized carbons (Fsp3) is 0.333. The zero-order chi connectivity index (χ0) is 18.3. The van der Waals surface area contributed by atoms with Crippen molar-refractivity contribution in [3.63, 3.8) is 0 Å². The van der Waals surface area contributed by atoms with Gasteiger partial charge in [0.25, 0.3) is 11.3 Å². The van der Waals surface area contributed by atoms with Gasteiger partial charge in [-0.05, 0) is 19.9 Å². The number of aryl methyl sites for hydroxylation is 2. The van der Waals surface area contributed by atoms with Gasteiger partial charge in [-0.15, -0.1) is 10.2 Å². The number of rotatable bonds is 3. The van der Waals surface area contributed by atoms with Crippen molar-refractivity contribution in [1.82, 2.24) is 28.7 Å². The summed E-state index contributed by atoms with van der Waals surface area (Å²) in [6, 6.07) is 3.75. The molecule has 0 spiro atoms. The Morgan fingerprint density at radius 3 is 2.60 bits per heavy atom. The second-order valence-electron chi connectivity index (χ2n) is 5.69. The van der Waals surface area contributed by atoms with Gasteiger partial charge in [-0.2, -0.15) is 5.26 Å². The molecule has 0 aliphatic carbocycles. The maximum Gasteiger partial charge on any atom is 0.332 e. The van der Waals surface area contributed by atoms with Crippen LogP contribution >= 0.6 is 0 Å². The third-order valence-corrected chi connectivity index (χ3v) is 3.95. The number of nitrogens with zero attached hydrogens (tertiary/aromatic N) is 7. The molecule has 0 saturated heterocycles. The summed E-state index contributed by atoms with van der Waals surface area (Å²) in [6.45, 7) is 3.94. The third kappa shape index (κ3) is 2.55. The van der Waals surface area contributed by atoms with Crippen LogP contribution in [0.5, 0.6) is 0 Å². The monoisotopic (exact) mass is 340 g/mol. The lowest BCUT2D eigenvalue weighted by Gasteiger charge is -2.13. The summed E-state index contributed by atoms with van der Waals surface area (Å²) in [5.74, 6) is 1.16. The Morgan fingerprint density at radius 1 is 1.20 bits per heavy atom. The summed E-state index contributed by atoms with van der Waals surface area (Å²) in [6.07, 6.45) is 0. The molecule has 128 valence electrons. The molecule has 0 saturated carbocycles. The van der Waals surface area contributed by atoms with Crippen LogP contribution < -0.4 is 16.6 Å². The van der Waals surface area contributed by atoms with Crippen LogP contribution in [-0.4, -0.2) is 28.7 Å². The van der Waals surface area contributed by atoms with Gasteiger partial charge in [-0.1, -0.05) is 0 Å². The maximum absolute atomic E-state index is 12.1. The minimum atomic E-state index is -0.646. The highest BCUT2D eigenvalue weighted by molar-refractivity contribution is 5.51. The van der Waals surface area contributed by atoms with E-state index in [4.69, 9.17) is 0 Å². The van der Waals surface area contributed by atoms with Crippen molar-refractivity contribution < 1.29 is 0 Å². The average Bonchev–Trinajstić information content (AvgIpc) is 2.98. The summed E-state index contributed by atoms with van der Waals surface area (Å²) in [7, 11) is 2.82. The Labute approximate surface area is 142 Å². The fourth-order valence-corrected chi connectivity index (χ4v) is 2.73. The lowest BCUT2D eigenvalue weighted by molar-refractivity contribution is 0.683. The lowest BCUT2D eigenvalue weighted by Crippen LogP contribution is -2.39. The highest BCUT2D eigenvalue weighted by atomic mass is 16.2. The molecule has 0 bridgehead atoms. The van der Waals surface area contributed by atoms with Crippen LogP contribution in [0, 0.1) is 25.2 Å². The van der Waals surface area contributed by atoms with Crippen LogP contribution in [0.15, 0.2) is 15.7 Å². The molecule has 3 aromatic heterocycles. The van der Waals surface area contributed by atoms with Crippen molar-refractivity contribution in [1.29, 1.82) is 5.26 Å². The first kappa shape index (κ1) is 16.4. The maximum atomic E-state index is 12.1. The molecule has 0 fully saturated rings. The normalized spacial score (nSPS) is 10.8. The summed E-state index contributed by atoms with van der Waals surface area (Å²) in [5, 5.41) is 20.4. The molecule has 0 atom stereocenters.